The molecule has 0 bridgehead atoms. The maximum absolute atomic E-state index is 11.5. The molecule has 0 aromatic heterocycles. The first-order valence-electron chi connectivity index (χ1n) is 6.49. The van der Waals surface area contributed by atoms with Gasteiger partial charge in [0.15, 0.2) is 0 Å². The van der Waals surface area contributed by atoms with Crippen LogP contribution in [0.15, 0.2) is 59.0 Å². The summed E-state index contributed by atoms with van der Waals surface area (Å²) in [6, 6.07) is 15.6. The molecule has 0 aliphatic carbocycles. The van der Waals surface area contributed by atoms with Gasteiger partial charge in [0.05, 0.1) is 17.4 Å². The van der Waals surface area contributed by atoms with Crippen LogP contribution in [-0.4, -0.2) is 13.4 Å². The Balaban J connectivity index is 2.13. The molecule has 1 heterocycles. The molecule has 0 N–H and O–H groups in total. The molecule has 4 heteroatoms. The second-order valence-corrected chi connectivity index (χ2v) is 6.18. The number of methoxy groups -OCH3 is 1. The molecule has 0 fully saturated rings. The van der Waals surface area contributed by atoms with Gasteiger partial charge in [0.2, 0.25) is 0 Å². The van der Waals surface area contributed by atoms with Crippen LogP contribution >= 0.6 is 23.4 Å². The zero-order valence-corrected chi connectivity index (χ0v) is 12.9. The lowest BCUT2D eigenvalue weighted by atomic mass is 10.0. The van der Waals surface area contributed by atoms with Crippen molar-refractivity contribution in [2.45, 2.75) is 10.1 Å². The first-order valence-corrected chi connectivity index (χ1v) is 7.75. The van der Waals surface area contributed by atoms with Crippen LogP contribution in [0, 0.1) is 0 Å². The van der Waals surface area contributed by atoms with E-state index < -0.39 is 0 Å². The van der Waals surface area contributed by atoms with Gasteiger partial charge in [-0.2, -0.15) is 0 Å². The van der Waals surface area contributed by atoms with E-state index in [1.807, 2.05) is 48.5 Å². The standard InChI is InChI=1S/C17H13ClO2S/c1-20-12-7-8-13-15(9-12)21-17(14(10-19)16(13)18)11-5-3-2-4-6-11/h2-10,17H,1H3. The number of halogens is 1. The number of ether oxygens (including phenoxy) is 1. The lowest BCUT2D eigenvalue weighted by Gasteiger charge is -2.25. The second-order valence-electron chi connectivity index (χ2n) is 4.66. The summed E-state index contributed by atoms with van der Waals surface area (Å²) in [6.07, 6.45) is 0.861. The molecular weight excluding hydrogens is 304 g/mol. The highest BCUT2D eigenvalue weighted by molar-refractivity contribution is 8.00. The molecule has 0 saturated heterocycles. The Kier molecular flexibility index (Phi) is 4.04. The molecule has 2 nitrogen and oxygen atoms in total. The van der Waals surface area contributed by atoms with Crippen LogP contribution in [0.5, 0.6) is 5.75 Å². The Morgan fingerprint density at radius 3 is 2.62 bits per heavy atom. The van der Waals surface area contributed by atoms with Gasteiger partial charge in [0.25, 0.3) is 0 Å². The zero-order valence-electron chi connectivity index (χ0n) is 11.4. The third-order valence-corrected chi connectivity index (χ3v) is 5.21. The lowest BCUT2D eigenvalue weighted by Crippen LogP contribution is -2.07. The molecule has 21 heavy (non-hydrogen) atoms. The van der Waals surface area contributed by atoms with Crippen LogP contribution in [0.25, 0.3) is 5.03 Å². The van der Waals surface area contributed by atoms with E-state index >= 15 is 0 Å². The van der Waals surface area contributed by atoms with Gasteiger partial charge < -0.3 is 4.74 Å². The van der Waals surface area contributed by atoms with Crippen LogP contribution in [0.3, 0.4) is 0 Å². The topological polar surface area (TPSA) is 26.3 Å². The molecule has 106 valence electrons. The molecule has 2 aromatic rings. The number of benzene rings is 2. The Morgan fingerprint density at radius 2 is 1.95 bits per heavy atom. The number of hydrogen-bond acceptors (Lipinski definition) is 3. The molecule has 1 aliphatic rings. The van der Waals surface area contributed by atoms with E-state index in [1.165, 1.54) is 0 Å². The summed E-state index contributed by atoms with van der Waals surface area (Å²) in [6.45, 7) is 0. The van der Waals surface area contributed by atoms with Crippen LogP contribution in [0.2, 0.25) is 0 Å². The Bertz CT molecular complexity index is 710. The Morgan fingerprint density at radius 1 is 1.19 bits per heavy atom. The van der Waals surface area contributed by atoms with Gasteiger partial charge in [-0.3, -0.25) is 4.79 Å². The number of carbonyl (C=O) groups is 1. The fraction of sp³-hybridized carbons (Fsp3) is 0.118. The van der Waals surface area contributed by atoms with E-state index in [1.54, 1.807) is 18.9 Å². The monoisotopic (exact) mass is 316 g/mol. The second kappa shape index (κ2) is 5.96. The summed E-state index contributed by atoms with van der Waals surface area (Å²) in [4.78, 5) is 12.5. The smallest absolute Gasteiger partial charge is 0.149 e. The largest absolute Gasteiger partial charge is 0.497 e. The van der Waals surface area contributed by atoms with Crippen molar-refractivity contribution >= 4 is 34.7 Å². The fourth-order valence-electron chi connectivity index (χ4n) is 2.36. The molecule has 1 atom stereocenters. The van der Waals surface area contributed by atoms with E-state index in [9.17, 15) is 4.79 Å². The molecule has 3 rings (SSSR count). The van der Waals surface area contributed by atoms with E-state index in [4.69, 9.17) is 16.3 Å². The molecule has 1 aliphatic heterocycles. The Labute approximate surface area is 132 Å². The minimum atomic E-state index is -0.0872. The number of carbonyl (C=O) groups excluding carboxylic acids is 1. The fourth-order valence-corrected chi connectivity index (χ4v) is 4.13. The number of rotatable bonds is 3. The number of fused-ring (bicyclic) bond motifs is 1. The van der Waals surface area contributed by atoms with Crippen molar-refractivity contribution in [3.63, 3.8) is 0 Å². The molecule has 0 radical (unpaired) electrons. The quantitative estimate of drug-likeness (QED) is 0.768. The van der Waals surface area contributed by atoms with Gasteiger partial charge in [-0.05, 0) is 23.8 Å². The van der Waals surface area contributed by atoms with Gasteiger partial charge in [0.1, 0.15) is 12.0 Å². The van der Waals surface area contributed by atoms with Crippen LogP contribution in [-0.2, 0) is 4.79 Å². The van der Waals surface area contributed by atoms with Crippen molar-refractivity contribution in [1.82, 2.24) is 0 Å². The Hall–Kier alpha value is -1.71. The predicted molar refractivity (Wildman–Crippen MR) is 86.9 cm³/mol. The zero-order chi connectivity index (χ0) is 14.8. The predicted octanol–water partition coefficient (Wildman–Crippen LogP) is 4.69. The summed E-state index contributed by atoms with van der Waals surface area (Å²) in [5, 5.41) is 0.436. The maximum atomic E-state index is 11.5. The summed E-state index contributed by atoms with van der Waals surface area (Å²) in [7, 11) is 1.64. The van der Waals surface area contributed by atoms with E-state index in [0.717, 1.165) is 28.1 Å². The van der Waals surface area contributed by atoms with Crippen LogP contribution in [0.1, 0.15) is 16.4 Å². The van der Waals surface area contributed by atoms with Crippen molar-refractivity contribution in [2.24, 2.45) is 0 Å². The van der Waals surface area contributed by atoms with Crippen molar-refractivity contribution in [1.29, 1.82) is 0 Å². The van der Waals surface area contributed by atoms with Gasteiger partial charge in [-0.25, -0.2) is 0 Å². The number of thioether (sulfide) groups is 1. The minimum absolute atomic E-state index is 0.0872. The van der Waals surface area contributed by atoms with E-state index in [-0.39, 0.29) is 5.25 Å². The van der Waals surface area contributed by atoms with Crippen molar-refractivity contribution in [2.75, 3.05) is 7.11 Å². The van der Waals surface area contributed by atoms with Gasteiger partial charge in [0, 0.05) is 16.0 Å². The van der Waals surface area contributed by atoms with Crippen molar-refractivity contribution < 1.29 is 9.53 Å². The van der Waals surface area contributed by atoms with E-state index in [2.05, 4.69) is 0 Å². The van der Waals surface area contributed by atoms with Crippen molar-refractivity contribution in [3.8, 4) is 5.75 Å². The molecule has 1 unspecified atom stereocenters. The maximum Gasteiger partial charge on any atom is 0.149 e. The summed E-state index contributed by atoms with van der Waals surface area (Å²) >= 11 is 8.07. The van der Waals surface area contributed by atoms with Gasteiger partial charge in [-0.15, -0.1) is 11.8 Å². The summed E-state index contributed by atoms with van der Waals surface area (Å²) < 4.78 is 5.27. The molecule has 0 saturated carbocycles. The van der Waals surface area contributed by atoms with Crippen molar-refractivity contribution in [3.05, 3.63) is 65.2 Å². The van der Waals surface area contributed by atoms with Gasteiger partial charge in [-0.1, -0.05) is 41.9 Å². The number of hydrogen-bond donors (Lipinski definition) is 0. The lowest BCUT2D eigenvalue weighted by molar-refractivity contribution is -0.104. The highest BCUT2D eigenvalue weighted by atomic mass is 35.5. The summed E-state index contributed by atoms with van der Waals surface area (Å²) in [5.74, 6) is 0.784. The minimum Gasteiger partial charge on any atom is -0.497 e. The first-order chi connectivity index (χ1) is 10.2. The normalized spacial score (nSPS) is 17.3. The average Bonchev–Trinajstić information content (AvgIpc) is 2.55. The first kappa shape index (κ1) is 14.2. The third-order valence-electron chi connectivity index (χ3n) is 3.44. The molecule has 2 aromatic carbocycles. The number of aldehydes is 1. The van der Waals surface area contributed by atoms with E-state index in [0.29, 0.717) is 10.6 Å². The van der Waals surface area contributed by atoms with Crippen LogP contribution < -0.4 is 4.74 Å². The molecular formula is C17H13ClO2S. The highest BCUT2D eigenvalue weighted by Gasteiger charge is 2.28. The SMILES string of the molecule is COc1ccc2c(c1)SC(c1ccccc1)C(C=O)=C2Cl. The van der Waals surface area contributed by atoms with Crippen LogP contribution in [0.4, 0.5) is 0 Å². The molecule has 0 amide bonds. The summed E-state index contributed by atoms with van der Waals surface area (Å²) in [5.41, 5.74) is 2.57. The highest BCUT2D eigenvalue weighted by Crippen LogP contribution is 2.51. The molecule has 0 spiro atoms. The van der Waals surface area contributed by atoms with Gasteiger partial charge >= 0.3 is 0 Å². The third kappa shape index (κ3) is 2.59. The average molecular weight is 317 g/mol.